The molecular weight excluding hydrogens is 446 g/mol. The molecule has 1 atom stereocenters. The summed E-state index contributed by atoms with van der Waals surface area (Å²) in [6.45, 7) is 3.71. The zero-order valence-corrected chi connectivity index (χ0v) is 19.8. The van der Waals surface area contributed by atoms with Gasteiger partial charge >= 0.3 is 0 Å². The van der Waals surface area contributed by atoms with Gasteiger partial charge in [0.25, 0.3) is 5.56 Å². The van der Waals surface area contributed by atoms with Crippen molar-refractivity contribution in [2.24, 2.45) is 0 Å². The van der Waals surface area contributed by atoms with E-state index in [0.29, 0.717) is 40.8 Å². The third-order valence-electron chi connectivity index (χ3n) is 5.71. The molecule has 0 spiro atoms. The Hall–Kier alpha value is -2.35. The van der Waals surface area contributed by atoms with Gasteiger partial charge < -0.3 is 9.64 Å². The molecule has 0 radical (unpaired) electrons. The van der Waals surface area contributed by atoms with Crippen molar-refractivity contribution in [2.75, 3.05) is 19.4 Å². The minimum atomic E-state index is -0.134. The fraction of sp³-hybridized carbons (Fsp3) is 0.375. The number of carbonyl (C=O) groups excluding carboxylic acids is 1. The van der Waals surface area contributed by atoms with E-state index in [2.05, 4.69) is 4.98 Å². The Morgan fingerprint density at radius 1 is 1.31 bits per heavy atom. The fourth-order valence-corrected chi connectivity index (χ4v) is 4.92. The van der Waals surface area contributed by atoms with Gasteiger partial charge in [0, 0.05) is 25.2 Å². The number of carbonyl (C=O) groups is 1. The van der Waals surface area contributed by atoms with Gasteiger partial charge in [-0.25, -0.2) is 4.98 Å². The van der Waals surface area contributed by atoms with Crippen LogP contribution in [0, 0.1) is 6.92 Å². The standard InChI is InChI=1S/C24H26ClN3O3S/c1-16-6-3-4-7-17(16)13-27(2)22(29)15-32-24-26-21-12-18(25)9-10-20(21)23(30)28(24)14-19-8-5-11-31-19/h3-4,6-7,9-10,12,19H,5,8,11,13-15H2,1-2H3/t19-/m1/s1. The smallest absolute Gasteiger partial charge is 0.262 e. The minimum absolute atomic E-state index is 0.0157. The van der Waals surface area contributed by atoms with E-state index < -0.39 is 0 Å². The van der Waals surface area contributed by atoms with Crippen LogP contribution in [0.3, 0.4) is 0 Å². The molecule has 4 rings (SSSR count). The number of ether oxygens (including phenoxy) is 1. The molecule has 0 unspecified atom stereocenters. The summed E-state index contributed by atoms with van der Waals surface area (Å²) in [4.78, 5) is 32.4. The number of fused-ring (bicyclic) bond motifs is 1. The number of hydrogen-bond donors (Lipinski definition) is 0. The molecule has 3 aromatic rings. The molecule has 8 heteroatoms. The fourth-order valence-electron chi connectivity index (χ4n) is 3.80. The maximum absolute atomic E-state index is 13.2. The van der Waals surface area contributed by atoms with E-state index in [-0.39, 0.29) is 23.3 Å². The van der Waals surface area contributed by atoms with E-state index in [4.69, 9.17) is 16.3 Å². The monoisotopic (exact) mass is 471 g/mol. The number of thioether (sulfide) groups is 1. The maximum Gasteiger partial charge on any atom is 0.262 e. The van der Waals surface area contributed by atoms with E-state index in [1.165, 1.54) is 11.8 Å². The molecule has 0 saturated carbocycles. The Morgan fingerprint density at radius 3 is 2.88 bits per heavy atom. The van der Waals surface area contributed by atoms with Crippen LogP contribution in [0.5, 0.6) is 0 Å². The lowest BCUT2D eigenvalue weighted by Gasteiger charge is -2.19. The zero-order chi connectivity index (χ0) is 22.7. The van der Waals surface area contributed by atoms with Crippen LogP contribution in [-0.4, -0.2) is 45.9 Å². The predicted molar refractivity (Wildman–Crippen MR) is 128 cm³/mol. The van der Waals surface area contributed by atoms with Gasteiger partial charge in [0.15, 0.2) is 5.16 Å². The summed E-state index contributed by atoms with van der Waals surface area (Å²) in [5, 5.41) is 1.55. The third kappa shape index (κ3) is 5.17. The summed E-state index contributed by atoms with van der Waals surface area (Å²) in [7, 11) is 1.79. The summed E-state index contributed by atoms with van der Waals surface area (Å²) in [6.07, 6.45) is 1.88. The Morgan fingerprint density at radius 2 is 2.12 bits per heavy atom. The number of benzene rings is 2. The van der Waals surface area contributed by atoms with Crippen LogP contribution in [0.4, 0.5) is 0 Å². The van der Waals surface area contributed by atoms with E-state index in [9.17, 15) is 9.59 Å². The Kier molecular flexibility index (Phi) is 7.18. The van der Waals surface area contributed by atoms with E-state index in [1.54, 1.807) is 34.7 Å². The first-order valence-electron chi connectivity index (χ1n) is 10.7. The summed E-state index contributed by atoms with van der Waals surface area (Å²) < 4.78 is 7.39. The maximum atomic E-state index is 13.2. The van der Waals surface area contributed by atoms with Gasteiger partial charge in [-0.1, -0.05) is 47.6 Å². The van der Waals surface area contributed by atoms with Crippen LogP contribution in [0.2, 0.25) is 5.02 Å². The lowest BCUT2D eigenvalue weighted by Crippen LogP contribution is -2.30. The Labute approximate surface area is 196 Å². The van der Waals surface area contributed by atoms with Crippen molar-refractivity contribution >= 4 is 40.2 Å². The molecule has 1 amide bonds. The molecule has 1 aliphatic heterocycles. The van der Waals surface area contributed by atoms with Crippen molar-refractivity contribution in [3.8, 4) is 0 Å². The molecule has 32 heavy (non-hydrogen) atoms. The normalized spacial score (nSPS) is 15.9. The first kappa shape index (κ1) is 22.8. The number of halogens is 1. The lowest BCUT2D eigenvalue weighted by molar-refractivity contribution is -0.127. The number of amides is 1. The van der Waals surface area contributed by atoms with Gasteiger partial charge in [-0.2, -0.15) is 0 Å². The molecule has 0 N–H and O–H groups in total. The van der Waals surface area contributed by atoms with Crippen LogP contribution >= 0.6 is 23.4 Å². The van der Waals surface area contributed by atoms with Crippen molar-refractivity contribution in [3.05, 3.63) is 69.0 Å². The molecule has 1 aromatic heterocycles. The van der Waals surface area contributed by atoms with Crippen LogP contribution in [0.15, 0.2) is 52.4 Å². The zero-order valence-electron chi connectivity index (χ0n) is 18.2. The highest BCUT2D eigenvalue weighted by atomic mass is 35.5. The molecule has 6 nitrogen and oxygen atoms in total. The number of hydrogen-bond acceptors (Lipinski definition) is 5. The first-order valence-corrected chi connectivity index (χ1v) is 12.0. The van der Waals surface area contributed by atoms with Gasteiger partial charge in [-0.15, -0.1) is 0 Å². The van der Waals surface area contributed by atoms with Gasteiger partial charge in [-0.05, 0) is 49.1 Å². The minimum Gasteiger partial charge on any atom is -0.376 e. The molecule has 2 heterocycles. The average molecular weight is 472 g/mol. The second-order valence-electron chi connectivity index (χ2n) is 8.07. The average Bonchev–Trinajstić information content (AvgIpc) is 3.29. The quantitative estimate of drug-likeness (QED) is 0.380. The highest BCUT2D eigenvalue weighted by Gasteiger charge is 2.21. The Balaban J connectivity index is 1.56. The molecule has 168 valence electrons. The number of nitrogens with zero attached hydrogens (tertiary/aromatic N) is 3. The highest BCUT2D eigenvalue weighted by molar-refractivity contribution is 7.99. The highest BCUT2D eigenvalue weighted by Crippen LogP contribution is 2.23. The number of aryl methyl sites for hydroxylation is 1. The van der Waals surface area contributed by atoms with Crippen LogP contribution in [0.1, 0.15) is 24.0 Å². The third-order valence-corrected chi connectivity index (χ3v) is 6.91. The van der Waals surface area contributed by atoms with Crippen molar-refractivity contribution < 1.29 is 9.53 Å². The van der Waals surface area contributed by atoms with E-state index in [0.717, 1.165) is 24.0 Å². The second-order valence-corrected chi connectivity index (χ2v) is 9.45. The topological polar surface area (TPSA) is 64.4 Å². The van der Waals surface area contributed by atoms with Crippen molar-refractivity contribution in [1.29, 1.82) is 0 Å². The molecule has 1 saturated heterocycles. The number of rotatable bonds is 7. The van der Waals surface area contributed by atoms with Crippen LogP contribution < -0.4 is 5.56 Å². The molecule has 1 aliphatic rings. The first-order chi connectivity index (χ1) is 15.4. The van der Waals surface area contributed by atoms with Gasteiger partial charge in [-0.3, -0.25) is 14.2 Å². The van der Waals surface area contributed by atoms with Crippen molar-refractivity contribution in [3.63, 3.8) is 0 Å². The summed E-state index contributed by atoms with van der Waals surface area (Å²) >= 11 is 7.40. The number of aromatic nitrogens is 2. The van der Waals surface area contributed by atoms with Crippen molar-refractivity contribution in [2.45, 2.75) is 44.1 Å². The second kappa shape index (κ2) is 10.1. The molecule has 0 bridgehead atoms. The molecule has 0 aliphatic carbocycles. The van der Waals surface area contributed by atoms with E-state index >= 15 is 0 Å². The SMILES string of the molecule is Cc1ccccc1CN(C)C(=O)CSc1nc2cc(Cl)ccc2c(=O)n1C[C@H]1CCCO1. The van der Waals surface area contributed by atoms with Gasteiger partial charge in [0.05, 0.1) is 29.3 Å². The molecular formula is C24H26ClN3O3S. The molecule has 2 aromatic carbocycles. The van der Waals surface area contributed by atoms with Crippen molar-refractivity contribution in [1.82, 2.24) is 14.5 Å². The summed E-state index contributed by atoms with van der Waals surface area (Å²) in [6, 6.07) is 13.1. The summed E-state index contributed by atoms with van der Waals surface area (Å²) in [5.41, 5.74) is 2.67. The van der Waals surface area contributed by atoms with E-state index in [1.807, 2.05) is 31.2 Å². The lowest BCUT2D eigenvalue weighted by atomic mass is 10.1. The molecule has 1 fully saturated rings. The van der Waals surface area contributed by atoms with Crippen LogP contribution in [-0.2, 0) is 22.6 Å². The summed E-state index contributed by atoms with van der Waals surface area (Å²) in [5.74, 6) is 0.161. The Bertz CT molecular complexity index is 1190. The largest absolute Gasteiger partial charge is 0.376 e. The predicted octanol–water partition coefficient (Wildman–Crippen LogP) is 4.29. The van der Waals surface area contributed by atoms with Crippen LogP contribution in [0.25, 0.3) is 10.9 Å². The van der Waals surface area contributed by atoms with Gasteiger partial charge in [0.1, 0.15) is 0 Å². The van der Waals surface area contributed by atoms with Gasteiger partial charge in [0.2, 0.25) is 5.91 Å².